The van der Waals surface area contributed by atoms with E-state index in [9.17, 15) is 9.50 Å². The highest BCUT2D eigenvalue weighted by molar-refractivity contribution is 5.30. The minimum atomic E-state index is -0.945. The van der Waals surface area contributed by atoms with Gasteiger partial charge in [0.05, 0.1) is 25.1 Å². The van der Waals surface area contributed by atoms with Crippen LogP contribution in [0, 0.1) is 5.82 Å². The zero-order valence-corrected chi connectivity index (χ0v) is 13.7. The van der Waals surface area contributed by atoms with Gasteiger partial charge in [0.1, 0.15) is 6.10 Å². The Hall–Kier alpha value is -1.96. The molecule has 0 radical (unpaired) electrons. The molecule has 1 aromatic carbocycles. The maximum atomic E-state index is 13.5. The number of fused-ring (bicyclic) bond motifs is 1. The van der Waals surface area contributed by atoms with Crippen molar-refractivity contribution < 1.29 is 19.3 Å². The number of halogens is 1. The number of aryl methyl sites for hydroxylation is 1. The summed E-state index contributed by atoms with van der Waals surface area (Å²) >= 11 is 0. The number of benzene rings is 1. The lowest BCUT2D eigenvalue weighted by atomic mass is 10.2. The lowest BCUT2D eigenvalue weighted by Gasteiger charge is -2.20. The van der Waals surface area contributed by atoms with Gasteiger partial charge < -0.3 is 14.9 Å². The predicted octanol–water partition coefficient (Wildman–Crippen LogP) is 1.46. The molecule has 0 amide bonds. The smallest absolute Gasteiger partial charge is 0.165 e. The molecule has 0 saturated carbocycles. The van der Waals surface area contributed by atoms with Crippen LogP contribution in [0.4, 0.5) is 4.39 Å². The first-order chi connectivity index (χ1) is 11.6. The minimum Gasteiger partial charge on any atom is -0.494 e. The molecular formula is C17H22FN3O3. The predicted molar refractivity (Wildman–Crippen MR) is 86.0 cm³/mol. The van der Waals surface area contributed by atoms with Crippen LogP contribution in [-0.4, -0.2) is 45.2 Å². The first-order valence-electron chi connectivity index (χ1n) is 8.01. The molecule has 0 fully saturated rings. The summed E-state index contributed by atoms with van der Waals surface area (Å²) in [4.78, 5) is 2.25. The number of hydrogen-bond acceptors (Lipinski definition) is 5. The Morgan fingerprint density at radius 1 is 1.33 bits per heavy atom. The van der Waals surface area contributed by atoms with Gasteiger partial charge in [0.2, 0.25) is 0 Å². The normalized spacial score (nSPS) is 16.5. The molecule has 3 rings (SSSR count). The molecule has 7 heteroatoms. The van der Waals surface area contributed by atoms with E-state index in [-0.39, 0.29) is 18.2 Å². The standard InChI is InChI=1S/C17H22FN3O3/c1-24-17-7-12(3-4-14(17)18)9-20-5-2-6-21-13(10-20)8-15(19-21)16(23)11-22/h3-4,7-8,16,22-23H,2,5-6,9-11H2,1H3/t16-/m0/s1. The molecular weight excluding hydrogens is 313 g/mol. The molecule has 0 spiro atoms. The number of methoxy groups -OCH3 is 1. The second-order valence-corrected chi connectivity index (χ2v) is 6.02. The van der Waals surface area contributed by atoms with E-state index < -0.39 is 6.10 Å². The Morgan fingerprint density at radius 3 is 2.92 bits per heavy atom. The van der Waals surface area contributed by atoms with Crippen molar-refractivity contribution >= 4 is 0 Å². The van der Waals surface area contributed by atoms with Crippen LogP contribution in [0.3, 0.4) is 0 Å². The Labute approximate surface area is 140 Å². The topological polar surface area (TPSA) is 70.8 Å². The van der Waals surface area contributed by atoms with Crippen molar-refractivity contribution in [2.24, 2.45) is 0 Å². The molecule has 2 heterocycles. The van der Waals surface area contributed by atoms with Gasteiger partial charge in [0, 0.05) is 26.2 Å². The van der Waals surface area contributed by atoms with Crippen molar-refractivity contribution in [2.75, 3.05) is 20.3 Å². The summed E-state index contributed by atoms with van der Waals surface area (Å²) in [6, 6.07) is 6.75. The average Bonchev–Trinajstić information content (AvgIpc) is 2.89. The Kier molecular flexibility index (Phi) is 5.13. The summed E-state index contributed by atoms with van der Waals surface area (Å²) in [7, 11) is 1.46. The number of rotatable bonds is 5. The van der Waals surface area contributed by atoms with Crippen molar-refractivity contribution in [3.63, 3.8) is 0 Å². The van der Waals surface area contributed by atoms with Crippen LogP contribution in [0.25, 0.3) is 0 Å². The van der Waals surface area contributed by atoms with E-state index in [0.717, 1.165) is 30.8 Å². The highest BCUT2D eigenvalue weighted by Crippen LogP contribution is 2.22. The van der Waals surface area contributed by atoms with Crippen molar-refractivity contribution in [2.45, 2.75) is 32.2 Å². The molecule has 130 valence electrons. The van der Waals surface area contributed by atoms with Gasteiger partial charge in [-0.25, -0.2) is 4.39 Å². The lowest BCUT2D eigenvalue weighted by Crippen LogP contribution is -2.22. The summed E-state index contributed by atoms with van der Waals surface area (Å²) < 4.78 is 20.5. The molecule has 0 unspecified atom stereocenters. The summed E-state index contributed by atoms with van der Waals surface area (Å²) in [5.74, 6) is -0.112. The second-order valence-electron chi connectivity index (χ2n) is 6.02. The van der Waals surface area contributed by atoms with E-state index >= 15 is 0 Å². The van der Waals surface area contributed by atoms with E-state index in [4.69, 9.17) is 9.84 Å². The van der Waals surface area contributed by atoms with Gasteiger partial charge >= 0.3 is 0 Å². The van der Waals surface area contributed by atoms with Crippen LogP contribution in [0.2, 0.25) is 0 Å². The molecule has 0 saturated heterocycles. The SMILES string of the molecule is COc1cc(CN2CCCn3nc([C@@H](O)CO)cc3C2)ccc1F. The van der Waals surface area contributed by atoms with Crippen LogP contribution in [0.15, 0.2) is 24.3 Å². The number of aliphatic hydroxyl groups is 2. The first-order valence-corrected chi connectivity index (χ1v) is 8.01. The van der Waals surface area contributed by atoms with Crippen LogP contribution >= 0.6 is 0 Å². The van der Waals surface area contributed by atoms with Crippen molar-refractivity contribution in [1.82, 2.24) is 14.7 Å². The Balaban J connectivity index is 1.75. The van der Waals surface area contributed by atoms with Crippen LogP contribution in [0.5, 0.6) is 5.75 Å². The van der Waals surface area contributed by atoms with Crippen molar-refractivity contribution in [3.8, 4) is 5.75 Å². The lowest BCUT2D eigenvalue weighted by molar-refractivity contribution is 0.0916. The van der Waals surface area contributed by atoms with Gasteiger partial charge in [-0.1, -0.05) is 6.07 Å². The third kappa shape index (κ3) is 3.58. The van der Waals surface area contributed by atoms with E-state index in [1.165, 1.54) is 13.2 Å². The quantitative estimate of drug-likeness (QED) is 0.866. The fraction of sp³-hybridized carbons (Fsp3) is 0.471. The van der Waals surface area contributed by atoms with Gasteiger partial charge in [0.25, 0.3) is 0 Å². The largest absolute Gasteiger partial charge is 0.494 e. The van der Waals surface area contributed by atoms with Crippen LogP contribution in [-0.2, 0) is 19.6 Å². The fourth-order valence-electron chi connectivity index (χ4n) is 3.00. The molecule has 2 N–H and O–H groups in total. The number of aliphatic hydroxyl groups excluding tert-OH is 2. The van der Waals surface area contributed by atoms with Gasteiger partial charge in [-0.15, -0.1) is 0 Å². The van der Waals surface area contributed by atoms with Gasteiger partial charge in [-0.05, 0) is 30.2 Å². The van der Waals surface area contributed by atoms with E-state index in [2.05, 4.69) is 10.00 Å². The third-order valence-electron chi connectivity index (χ3n) is 4.25. The van der Waals surface area contributed by atoms with E-state index in [0.29, 0.717) is 18.8 Å². The Morgan fingerprint density at radius 2 is 2.17 bits per heavy atom. The molecule has 1 aliphatic rings. The summed E-state index contributed by atoms with van der Waals surface area (Å²) in [5, 5.41) is 23.2. The monoisotopic (exact) mass is 335 g/mol. The zero-order valence-electron chi connectivity index (χ0n) is 13.7. The molecule has 0 bridgehead atoms. The molecule has 24 heavy (non-hydrogen) atoms. The van der Waals surface area contributed by atoms with Crippen LogP contribution in [0.1, 0.15) is 29.5 Å². The van der Waals surface area contributed by atoms with Crippen molar-refractivity contribution in [1.29, 1.82) is 0 Å². The molecule has 6 nitrogen and oxygen atoms in total. The molecule has 1 aromatic heterocycles. The Bertz CT molecular complexity index is 704. The van der Waals surface area contributed by atoms with Gasteiger partial charge in [0.15, 0.2) is 11.6 Å². The zero-order chi connectivity index (χ0) is 17.1. The maximum Gasteiger partial charge on any atom is 0.165 e. The fourth-order valence-corrected chi connectivity index (χ4v) is 3.00. The number of nitrogens with zero attached hydrogens (tertiary/aromatic N) is 3. The highest BCUT2D eigenvalue weighted by atomic mass is 19.1. The summed E-state index contributed by atoms with van der Waals surface area (Å²) in [5.41, 5.74) is 2.48. The van der Waals surface area contributed by atoms with E-state index in [1.54, 1.807) is 12.1 Å². The number of aromatic nitrogens is 2. The number of ether oxygens (including phenoxy) is 1. The average molecular weight is 335 g/mol. The first kappa shape index (κ1) is 16.9. The summed E-state index contributed by atoms with van der Waals surface area (Å²) in [6.07, 6.45) is -0.0129. The van der Waals surface area contributed by atoms with Crippen molar-refractivity contribution in [3.05, 3.63) is 47.0 Å². The summed E-state index contributed by atoms with van der Waals surface area (Å²) in [6.45, 7) is 2.71. The molecule has 1 atom stereocenters. The minimum absolute atomic E-state index is 0.251. The molecule has 0 aliphatic carbocycles. The molecule has 1 aliphatic heterocycles. The second kappa shape index (κ2) is 7.29. The number of hydrogen-bond donors (Lipinski definition) is 2. The third-order valence-corrected chi connectivity index (χ3v) is 4.25. The van der Waals surface area contributed by atoms with E-state index in [1.807, 2.05) is 10.7 Å². The maximum absolute atomic E-state index is 13.5. The highest BCUT2D eigenvalue weighted by Gasteiger charge is 2.19. The van der Waals surface area contributed by atoms with Gasteiger partial charge in [-0.3, -0.25) is 9.58 Å². The molecule has 2 aromatic rings. The van der Waals surface area contributed by atoms with Gasteiger partial charge in [-0.2, -0.15) is 5.10 Å². The van der Waals surface area contributed by atoms with Crippen LogP contribution < -0.4 is 4.74 Å².